The number of urea groups is 1. The lowest BCUT2D eigenvalue weighted by Crippen LogP contribution is -2.30. The van der Waals surface area contributed by atoms with E-state index < -0.39 is 0 Å². The molecule has 24 heavy (non-hydrogen) atoms. The van der Waals surface area contributed by atoms with Gasteiger partial charge in [-0.2, -0.15) is 0 Å². The first-order valence-electron chi connectivity index (χ1n) is 7.65. The first-order valence-corrected chi connectivity index (χ1v) is 8.53. The number of fused-ring (bicyclic) bond motifs is 1. The van der Waals surface area contributed by atoms with E-state index in [2.05, 4.69) is 14.9 Å². The number of rotatable bonds is 6. The largest absolute Gasteiger partial charge is 0.383 e. The zero-order valence-electron chi connectivity index (χ0n) is 13.7. The van der Waals surface area contributed by atoms with Crippen molar-refractivity contribution < 1.29 is 9.53 Å². The van der Waals surface area contributed by atoms with Crippen LogP contribution in [0, 0.1) is 0 Å². The molecule has 7 heteroatoms. The number of thiazole rings is 1. The summed E-state index contributed by atoms with van der Waals surface area (Å²) in [6.45, 7) is 1.98. The molecule has 0 aliphatic carbocycles. The van der Waals surface area contributed by atoms with Gasteiger partial charge < -0.3 is 19.5 Å². The summed E-state index contributed by atoms with van der Waals surface area (Å²) in [5.74, 6) is 0. The Kier molecular flexibility index (Phi) is 5.12. The van der Waals surface area contributed by atoms with Crippen molar-refractivity contribution in [3.8, 4) is 0 Å². The molecule has 6 nitrogen and oxygen atoms in total. The van der Waals surface area contributed by atoms with E-state index >= 15 is 0 Å². The molecule has 0 aliphatic heterocycles. The van der Waals surface area contributed by atoms with Crippen molar-refractivity contribution in [1.82, 2.24) is 14.5 Å². The topological polar surface area (TPSA) is 59.4 Å². The fourth-order valence-electron chi connectivity index (χ4n) is 2.49. The van der Waals surface area contributed by atoms with Gasteiger partial charge in [0.05, 0.1) is 13.2 Å². The average Bonchev–Trinajstić information content (AvgIpc) is 3.22. The molecule has 0 bridgehead atoms. The van der Waals surface area contributed by atoms with Crippen LogP contribution in [0.3, 0.4) is 0 Å². The smallest absolute Gasteiger partial charge is 0.321 e. The Bertz CT molecular complexity index is 813. The van der Waals surface area contributed by atoms with E-state index in [9.17, 15) is 4.79 Å². The Hall–Kier alpha value is -2.38. The molecule has 0 unspecified atom stereocenters. The van der Waals surface area contributed by atoms with Gasteiger partial charge in [0.2, 0.25) is 0 Å². The monoisotopic (exact) mass is 344 g/mol. The van der Waals surface area contributed by atoms with Crippen molar-refractivity contribution in [3.63, 3.8) is 0 Å². The molecule has 126 valence electrons. The van der Waals surface area contributed by atoms with Gasteiger partial charge in [-0.25, -0.2) is 9.78 Å². The minimum absolute atomic E-state index is 0.150. The molecule has 1 aromatic carbocycles. The third-order valence-electron chi connectivity index (χ3n) is 3.76. The van der Waals surface area contributed by atoms with Crippen molar-refractivity contribution >= 4 is 34.0 Å². The molecular weight excluding hydrogens is 324 g/mol. The highest BCUT2D eigenvalue weighted by Gasteiger charge is 2.11. The van der Waals surface area contributed by atoms with E-state index in [1.165, 1.54) is 0 Å². The van der Waals surface area contributed by atoms with Crippen LogP contribution in [-0.4, -0.2) is 41.2 Å². The Morgan fingerprint density at radius 3 is 3.04 bits per heavy atom. The van der Waals surface area contributed by atoms with Gasteiger partial charge in [-0.1, -0.05) is 0 Å². The number of carbonyl (C=O) groups is 1. The number of nitrogens with one attached hydrogen (secondary N) is 1. The van der Waals surface area contributed by atoms with Crippen LogP contribution in [0.15, 0.2) is 42.0 Å². The van der Waals surface area contributed by atoms with Gasteiger partial charge in [0.15, 0.2) is 0 Å². The predicted octanol–water partition coefficient (Wildman–Crippen LogP) is 3.41. The van der Waals surface area contributed by atoms with Crippen molar-refractivity contribution in [3.05, 3.63) is 47.0 Å². The molecule has 1 N–H and O–H groups in total. The molecule has 0 radical (unpaired) electrons. The molecule has 2 amide bonds. The third kappa shape index (κ3) is 3.74. The van der Waals surface area contributed by atoms with E-state index in [4.69, 9.17) is 4.74 Å². The lowest BCUT2D eigenvalue weighted by atomic mass is 10.2. The number of aromatic nitrogens is 2. The minimum atomic E-state index is -0.150. The van der Waals surface area contributed by atoms with Gasteiger partial charge in [0, 0.05) is 55.1 Å². The predicted molar refractivity (Wildman–Crippen MR) is 96.4 cm³/mol. The number of methoxy groups -OCH3 is 1. The number of nitrogens with zero attached hydrogens (tertiary/aromatic N) is 3. The van der Waals surface area contributed by atoms with Crippen LogP contribution >= 0.6 is 11.3 Å². The number of anilines is 1. The van der Waals surface area contributed by atoms with Gasteiger partial charge in [-0.05, 0) is 24.3 Å². The molecule has 3 rings (SSSR count). The molecular formula is C17H20N4O2S. The summed E-state index contributed by atoms with van der Waals surface area (Å²) in [6.07, 6.45) is 3.78. The Labute approximate surface area is 144 Å². The second kappa shape index (κ2) is 7.46. The lowest BCUT2D eigenvalue weighted by molar-refractivity contribution is 0.188. The molecule has 0 atom stereocenters. The van der Waals surface area contributed by atoms with Crippen molar-refractivity contribution in [2.24, 2.45) is 0 Å². The van der Waals surface area contributed by atoms with Gasteiger partial charge >= 0.3 is 6.03 Å². The summed E-state index contributed by atoms with van der Waals surface area (Å²) in [5.41, 5.74) is 1.91. The van der Waals surface area contributed by atoms with Crippen LogP contribution in [-0.2, 0) is 17.8 Å². The van der Waals surface area contributed by atoms with Crippen molar-refractivity contribution in [1.29, 1.82) is 0 Å². The van der Waals surface area contributed by atoms with Crippen LogP contribution in [0.5, 0.6) is 0 Å². The first kappa shape index (κ1) is 16.5. The minimum Gasteiger partial charge on any atom is -0.383 e. The van der Waals surface area contributed by atoms with Crippen molar-refractivity contribution in [2.45, 2.75) is 13.1 Å². The molecule has 0 saturated heterocycles. The number of ether oxygens (including phenoxy) is 1. The highest BCUT2D eigenvalue weighted by Crippen LogP contribution is 2.21. The van der Waals surface area contributed by atoms with Crippen LogP contribution in [0.25, 0.3) is 10.9 Å². The SMILES string of the molecule is COCCn1ccc2cc(NC(=O)N(C)Cc3nccs3)ccc21. The third-order valence-corrected chi connectivity index (χ3v) is 4.53. The number of carbonyl (C=O) groups excluding carboxylic acids is 1. The van der Waals surface area contributed by atoms with Gasteiger partial charge in [-0.15, -0.1) is 11.3 Å². The quantitative estimate of drug-likeness (QED) is 0.745. The van der Waals surface area contributed by atoms with Gasteiger partial charge in [-0.3, -0.25) is 0 Å². The van der Waals surface area contributed by atoms with E-state index in [0.717, 1.165) is 28.1 Å². The highest BCUT2D eigenvalue weighted by molar-refractivity contribution is 7.09. The molecule has 0 saturated carbocycles. The zero-order chi connectivity index (χ0) is 16.9. The van der Waals surface area contributed by atoms with Gasteiger partial charge in [0.25, 0.3) is 0 Å². The van der Waals surface area contributed by atoms with Crippen LogP contribution in [0.4, 0.5) is 10.5 Å². The summed E-state index contributed by atoms with van der Waals surface area (Å²) in [4.78, 5) is 18.1. The molecule has 2 heterocycles. The summed E-state index contributed by atoms with van der Waals surface area (Å²) >= 11 is 1.54. The van der Waals surface area contributed by atoms with E-state index in [-0.39, 0.29) is 6.03 Å². The lowest BCUT2D eigenvalue weighted by Gasteiger charge is -2.16. The second-order valence-corrected chi connectivity index (χ2v) is 6.47. The summed E-state index contributed by atoms with van der Waals surface area (Å²) in [7, 11) is 3.46. The first-order chi connectivity index (χ1) is 11.7. The Morgan fingerprint density at radius 2 is 2.29 bits per heavy atom. The number of hydrogen-bond acceptors (Lipinski definition) is 4. The molecule has 0 aliphatic rings. The maximum Gasteiger partial charge on any atom is 0.321 e. The zero-order valence-corrected chi connectivity index (χ0v) is 14.5. The Balaban J connectivity index is 1.67. The number of hydrogen-bond donors (Lipinski definition) is 1. The van der Waals surface area contributed by atoms with Crippen LogP contribution in [0.2, 0.25) is 0 Å². The standard InChI is InChI=1S/C17H20N4O2S/c1-20(12-16-18-6-10-24-16)17(22)19-14-3-4-15-13(11-14)5-7-21(15)8-9-23-2/h3-7,10-11H,8-9,12H2,1-2H3,(H,19,22). The van der Waals surface area contributed by atoms with Crippen LogP contribution < -0.4 is 5.32 Å². The average molecular weight is 344 g/mol. The maximum absolute atomic E-state index is 12.3. The summed E-state index contributed by atoms with van der Waals surface area (Å²) in [6, 6.07) is 7.80. The Morgan fingerprint density at radius 1 is 1.42 bits per heavy atom. The normalized spacial score (nSPS) is 10.9. The fraction of sp³-hybridized carbons (Fsp3) is 0.294. The highest BCUT2D eigenvalue weighted by atomic mass is 32.1. The summed E-state index contributed by atoms with van der Waals surface area (Å²) < 4.78 is 7.26. The number of benzene rings is 1. The fourth-order valence-corrected chi connectivity index (χ4v) is 3.16. The molecule has 3 aromatic rings. The summed E-state index contributed by atoms with van der Waals surface area (Å²) in [5, 5.41) is 6.84. The molecule has 0 spiro atoms. The van der Waals surface area contributed by atoms with E-state index in [1.807, 2.05) is 35.8 Å². The van der Waals surface area contributed by atoms with Crippen LogP contribution in [0.1, 0.15) is 5.01 Å². The van der Waals surface area contributed by atoms with Crippen molar-refractivity contribution in [2.75, 3.05) is 26.1 Å². The van der Waals surface area contributed by atoms with E-state index in [0.29, 0.717) is 13.2 Å². The molecule has 2 aromatic heterocycles. The number of amides is 2. The van der Waals surface area contributed by atoms with E-state index in [1.54, 1.807) is 36.6 Å². The maximum atomic E-state index is 12.3. The second-order valence-electron chi connectivity index (χ2n) is 5.49. The van der Waals surface area contributed by atoms with Gasteiger partial charge in [0.1, 0.15) is 5.01 Å². The molecule has 0 fully saturated rings.